The van der Waals surface area contributed by atoms with E-state index in [9.17, 15) is 9.59 Å². The van der Waals surface area contributed by atoms with Crippen molar-refractivity contribution in [3.05, 3.63) is 29.8 Å². The minimum atomic E-state index is -0.845. The van der Waals surface area contributed by atoms with Gasteiger partial charge in [0.1, 0.15) is 5.54 Å². The topological polar surface area (TPSA) is 79.1 Å². The summed E-state index contributed by atoms with van der Waals surface area (Å²) in [5.74, 6) is -0.382. The molecule has 29 heavy (non-hydrogen) atoms. The fraction of sp³-hybridized carbons (Fsp3) is 0.636. The highest BCUT2D eigenvalue weighted by atomic mass is 16.5. The monoisotopic (exact) mass is 398 g/mol. The maximum Gasteiger partial charge on any atom is 0.325 e. The van der Waals surface area contributed by atoms with Crippen LogP contribution in [-0.2, 0) is 14.9 Å². The molecule has 7 heteroatoms. The Morgan fingerprint density at radius 2 is 1.76 bits per heavy atom. The largest absolute Gasteiger partial charge is 0.379 e. The number of fused-ring (bicyclic) bond motifs is 1. The molecule has 1 aliphatic carbocycles. The Bertz CT molecular complexity index is 801. The highest BCUT2D eigenvalue weighted by Gasteiger charge is 2.55. The van der Waals surface area contributed by atoms with E-state index >= 15 is 0 Å². The van der Waals surface area contributed by atoms with Crippen molar-refractivity contribution in [3.63, 3.8) is 0 Å². The molecule has 0 bridgehead atoms. The summed E-state index contributed by atoms with van der Waals surface area (Å²) >= 11 is 0. The Kier molecular flexibility index (Phi) is 4.55. The zero-order valence-corrected chi connectivity index (χ0v) is 16.9. The summed E-state index contributed by atoms with van der Waals surface area (Å²) in [6.07, 6.45) is 4.95. The second kappa shape index (κ2) is 6.99. The van der Waals surface area contributed by atoms with Crippen molar-refractivity contribution < 1.29 is 14.3 Å². The first-order valence-corrected chi connectivity index (χ1v) is 10.8. The van der Waals surface area contributed by atoms with Crippen molar-refractivity contribution in [2.45, 2.75) is 43.1 Å². The van der Waals surface area contributed by atoms with E-state index in [2.05, 4.69) is 17.0 Å². The summed E-state index contributed by atoms with van der Waals surface area (Å²) in [6.45, 7) is 5.71. The summed E-state index contributed by atoms with van der Waals surface area (Å²) in [5.41, 5.74) is 7.36. The van der Waals surface area contributed by atoms with Gasteiger partial charge in [-0.2, -0.15) is 0 Å². The van der Waals surface area contributed by atoms with Crippen LogP contribution in [0.1, 0.15) is 37.7 Å². The van der Waals surface area contributed by atoms with Gasteiger partial charge in [0.2, 0.25) is 5.91 Å². The number of carbonyl (C=O) groups excluding carboxylic acids is 2. The van der Waals surface area contributed by atoms with Crippen molar-refractivity contribution in [1.29, 1.82) is 0 Å². The second-order valence-electron chi connectivity index (χ2n) is 9.09. The first-order valence-electron chi connectivity index (χ1n) is 10.8. The zero-order chi connectivity index (χ0) is 20.1. The summed E-state index contributed by atoms with van der Waals surface area (Å²) in [6, 6.07) is 8.33. The highest BCUT2D eigenvalue weighted by Crippen LogP contribution is 2.49. The minimum Gasteiger partial charge on any atom is -0.379 e. The molecule has 4 fully saturated rings. The summed E-state index contributed by atoms with van der Waals surface area (Å²) in [4.78, 5) is 31.2. The Morgan fingerprint density at radius 3 is 2.38 bits per heavy atom. The lowest BCUT2D eigenvalue weighted by atomic mass is 9.87. The molecule has 0 radical (unpaired) electrons. The molecule has 0 unspecified atom stereocenters. The van der Waals surface area contributed by atoms with E-state index in [1.807, 2.05) is 12.1 Å². The maximum absolute atomic E-state index is 13.0. The maximum atomic E-state index is 13.0. The standard InChI is InChI=1S/C22H30N4O3/c23-19(27)22-7-1-2-10-26(22)20(28)25(16-22)18-5-3-17(4-6-18)21(8-9-21)15-24-11-13-29-14-12-24/h3-6H,1-2,7-16H2,(H2,23,27)/t22-/m1/s1. The molecule has 5 rings (SSSR count). The fourth-order valence-corrected chi connectivity index (χ4v) is 5.36. The Hall–Kier alpha value is -2.12. The third kappa shape index (κ3) is 3.11. The van der Waals surface area contributed by atoms with Crippen LogP contribution < -0.4 is 10.6 Å². The van der Waals surface area contributed by atoms with Crippen molar-refractivity contribution in [1.82, 2.24) is 9.80 Å². The number of hydrogen-bond donors (Lipinski definition) is 1. The van der Waals surface area contributed by atoms with Crippen molar-refractivity contribution in [3.8, 4) is 0 Å². The van der Waals surface area contributed by atoms with Crippen LogP contribution >= 0.6 is 0 Å². The number of urea groups is 1. The molecule has 2 N–H and O–H groups in total. The molecule has 3 heterocycles. The number of anilines is 1. The van der Waals surface area contributed by atoms with Gasteiger partial charge in [-0.25, -0.2) is 4.79 Å². The number of rotatable bonds is 5. The third-order valence-electron chi connectivity index (χ3n) is 7.35. The normalized spacial score (nSPS) is 29.0. The van der Waals surface area contributed by atoms with Gasteiger partial charge < -0.3 is 15.4 Å². The van der Waals surface area contributed by atoms with Crippen LogP contribution in [-0.4, -0.2) is 73.2 Å². The zero-order valence-electron chi connectivity index (χ0n) is 16.9. The number of nitrogens with zero attached hydrogens (tertiary/aromatic N) is 3. The van der Waals surface area contributed by atoms with Crippen LogP contribution in [0, 0.1) is 0 Å². The Labute approximate surface area is 171 Å². The van der Waals surface area contributed by atoms with Crippen LogP contribution in [0.3, 0.4) is 0 Å². The van der Waals surface area contributed by atoms with Gasteiger partial charge in [0.15, 0.2) is 0 Å². The highest BCUT2D eigenvalue weighted by molar-refractivity contribution is 6.02. The minimum absolute atomic E-state index is 0.0919. The van der Waals surface area contributed by atoms with Crippen LogP contribution in [0.15, 0.2) is 24.3 Å². The molecular weight excluding hydrogens is 368 g/mol. The van der Waals surface area contributed by atoms with E-state index in [4.69, 9.17) is 10.5 Å². The van der Waals surface area contributed by atoms with Crippen LogP contribution in [0.5, 0.6) is 0 Å². The van der Waals surface area contributed by atoms with Crippen LogP contribution in [0.25, 0.3) is 0 Å². The number of carbonyl (C=O) groups is 2. The predicted molar refractivity (Wildman–Crippen MR) is 110 cm³/mol. The number of morpholine rings is 1. The van der Waals surface area contributed by atoms with E-state index in [-0.39, 0.29) is 17.4 Å². The van der Waals surface area contributed by atoms with Crippen molar-refractivity contribution >= 4 is 17.6 Å². The van der Waals surface area contributed by atoms with Crippen LogP contribution in [0.2, 0.25) is 0 Å². The van der Waals surface area contributed by atoms with Gasteiger partial charge in [-0.05, 0) is 49.8 Å². The SMILES string of the molecule is NC(=O)[C@]12CCCCN1C(=O)N(c1ccc(C3(CN4CCOCC4)CC3)cc1)C2. The molecule has 7 nitrogen and oxygen atoms in total. The lowest BCUT2D eigenvalue weighted by Crippen LogP contribution is -2.58. The van der Waals surface area contributed by atoms with E-state index in [1.54, 1.807) is 9.80 Å². The molecule has 0 spiro atoms. The number of nitrogens with two attached hydrogens (primary N) is 1. The molecule has 1 aromatic rings. The number of primary amides is 1. The van der Waals surface area contributed by atoms with Gasteiger partial charge in [-0.15, -0.1) is 0 Å². The molecule has 3 aliphatic heterocycles. The molecule has 3 amide bonds. The summed E-state index contributed by atoms with van der Waals surface area (Å²) in [5, 5.41) is 0. The van der Waals surface area contributed by atoms with Gasteiger partial charge in [-0.1, -0.05) is 12.1 Å². The van der Waals surface area contributed by atoms with Crippen molar-refractivity contribution in [2.24, 2.45) is 5.73 Å². The molecule has 1 saturated carbocycles. The molecule has 3 saturated heterocycles. The first kappa shape index (κ1) is 18.9. The van der Waals surface area contributed by atoms with Gasteiger partial charge in [0.05, 0.1) is 19.8 Å². The number of hydrogen-bond acceptors (Lipinski definition) is 4. The average molecular weight is 399 g/mol. The quantitative estimate of drug-likeness (QED) is 0.819. The van der Waals surface area contributed by atoms with E-state index < -0.39 is 5.54 Å². The van der Waals surface area contributed by atoms with Gasteiger partial charge in [0.25, 0.3) is 0 Å². The molecule has 1 atom stereocenters. The molecule has 156 valence electrons. The molecule has 1 aromatic carbocycles. The number of piperidine rings is 1. The van der Waals surface area contributed by atoms with E-state index in [1.165, 1.54) is 18.4 Å². The van der Waals surface area contributed by atoms with Gasteiger partial charge in [-0.3, -0.25) is 14.6 Å². The first-order chi connectivity index (χ1) is 14.0. The number of amides is 3. The average Bonchev–Trinajstić information content (AvgIpc) is 3.46. The summed E-state index contributed by atoms with van der Waals surface area (Å²) in [7, 11) is 0. The van der Waals surface area contributed by atoms with E-state index in [0.717, 1.165) is 51.4 Å². The number of benzene rings is 1. The van der Waals surface area contributed by atoms with Gasteiger partial charge in [0, 0.05) is 37.3 Å². The molecular formula is C22H30N4O3. The molecule has 4 aliphatic rings. The summed E-state index contributed by atoms with van der Waals surface area (Å²) < 4.78 is 5.47. The van der Waals surface area contributed by atoms with Crippen molar-refractivity contribution in [2.75, 3.05) is 50.8 Å². The second-order valence-corrected chi connectivity index (χ2v) is 9.09. The predicted octanol–water partition coefficient (Wildman–Crippen LogP) is 1.70. The Morgan fingerprint density at radius 1 is 1.03 bits per heavy atom. The Balaban J connectivity index is 1.34. The lowest BCUT2D eigenvalue weighted by molar-refractivity contribution is -0.128. The third-order valence-corrected chi connectivity index (χ3v) is 7.35. The fourth-order valence-electron chi connectivity index (χ4n) is 5.36. The lowest BCUT2D eigenvalue weighted by Gasteiger charge is -2.37. The molecule has 0 aromatic heterocycles. The van der Waals surface area contributed by atoms with Crippen LogP contribution in [0.4, 0.5) is 10.5 Å². The van der Waals surface area contributed by atoms with E-state index in [0.29, 0.717) is 19.5 Å². The smallest absolute Gasteiger partial charge is 0.325 e. The number of ether oxygens (including phenoxy) is 1. The van der Waals surface area contributed by atoms with Gasteiger partial charge >= 0.3 is 6.03 Å².